The van der Waals surface area contributed by atoms with Gasteiger partial charge in [-0.1, -0.05) is 29.8 Å². The van der Waals surface area contributed by atoms with E-state index in [1.807, 2.05) is 12.1 Å². The molecule has 1 amide bonds. The van der Waals surface area contributed by atoms with E-state index in [0.29, 0.717) is 6.54 Å². The maximum absolute atomic E-state index is 12.3. The highest BCUT2D eigenvalue weighted by Crippen LogP contribution is 2.19. The number of benzene rings is 1. The smallest absolute Gasteiger partial charge is 0.223 e. The molecule has 2 aromatic rings. The monoisotopic (exact) mass is 323 g/mol. The largest absolute Gasteiger partial charge is 0.352 e. The average molecular weight is 323 g/mol. The Morgan fingerprint density at radius 3 is 2.42 bits per heavy atom. The summed E-state index contributed by atoms with van der Waals surface area (Å²) in [4.78, 5) is 18.8. The fourth-order valence-electron chi connectivity index (χ4n) is 3.14. The third-order valence-corrected chi connectivity index (χ3v) is 4.70. The van der Waals surface area contributed by atoms with Crippen molar-refractivity contribution >= 4 is 5.91 Å². The first-order valence-electron chi connectivity index (χ1n) is 8.65. The number of hydrogen-bond donors (Lipinski definition) is 1. The van der Waals surface area contributed by atoms with E-state index in [-0.39, 0.29) is 11.8 Å². The molecule has 1 fully saturated rings. The van der Waals surface area contributed by atoms with Crippen LogP contribution >= 0.6 is 0 Å². The molecule has 0 spiro atoms. The predicted octanol–water partition coefficient (Wildman–Crippen LogP) is 2.92. The molecule has 0 radical (unpaired) electrons. The average Bonchev–Trinajstić information content (AvgIpc) is 2.63. The van der Waals surface area contributed by atoms with E-state index in [1.54, 1.807) is 12.4 Å². The molecule has 1 saturated heterocycles. The molecule has 0 unspecified atom stereocenters. The van der Waals surface area contributed by atoms with Crippen LogP contribution in [-0.2, 0) is 17.9 Å². The minimum atomic E-state index is 0.140. The quantitative estimate of drug-likeness (QED) is 0.920. The molecule has 4 heteroatoms. The summed E-state index contributed by atoms with van der Waals surface area (Å²) in [5.41, 5.74) is 3.74. The zero-order valence-corrected chi connectivity index (χ0v) is 14.2. The SMILES string of the molecule is Cc1ccc(CN2CCC(C(=O)NCc3ccncc3)CC2)cc1. The topological polar surface area (TPSA) is 45.2 Å². The van der Waals surface area contributed by atoms with Gasteiger partial charge in [-0.3, -0.25) is 14.7 Å². The highest BCUT2D eigenvalue weighted by molar-refractivity contribution is 5.78. The van der Waals surface area contributed by atoms with Crippen LogP contribution in [0.2, 0.25) is 0 Å². The molecule has 1 aliphatic rings. The highest BCUT2D eigenvalue weighted by atomic mass is 16.1. The van der Waals surface area contributed by atoms with Gasteiger partial charge in [0.2, 0.25) is 5.91 Å². The van der Waals surface area contributed by atoms with Gasteiger partial charge in [-0.05, 0) is 56.1 Å². The highest BCUT2D eigenvalue weighted by Gasteiger charge is 2.24. The second-order valence-electron chi connectivity index (χ2n) is 6.61. The van der Waals surface area contributed by atoms with E-state index in [4.69, 9.17) is 0 Å². The molecular formula is C20H25N3O. The van der Waals surface area contributed by atoms with Crippen LogP contribution in [0.5, 0.6) is 0 Å². The van der Waals surface area contributed by atoms with Crippen LogP contribution in [0.15, 0.2) is 48.8 Å². The first-order valence-corrected chi connectivity index (χ1v) is 8.65. The number of carbonyl (C=O) groups excluding carboxylic acids is 1. The predicted molar refractivity (Wildman–Crippen MR) is 95.3 cm³/mol. The number of aromatic nitrogens is 1. The van der Waals surface area contributed by atoms with E-state index >= 15 is 0 Å². The summed E-state index contributed by atoms with van der Waals surface area (Å²) in [6.07, 6.45) is 5.39. The molecule has 4 nitrogen and oxygen atoms in total. The summed E-state index contributed by atoms with van der Waals surface area (Å²) in [7, 11) is 0. The Hall–Kier alpha value is -2.20. The van der Waals surface area contributed by atoms with Crippen molar-refractivity contribution in [1.82, 2.24) is 15.2 Å². The van der Waals surface area contributed by atoms with Crippen molar-refractivity contribution < 1.29 is 4.79 Å². The lowest BCUT2D eigenvalue weighted by Crippen LogP contribution is -2.40. The number of aryl methyl sites for hydroxylation is 1. The number of carbonyl (C=O) groups is 1. The summed E-state index contributed by atoms with van der Waals surface area (Å²) in [6.45, 7) is 5.65. The molecule has 0 bridgehead atoms. The Kier molecular flexibility index (Phi) is 5.59. The van der Waals surface area contributed by atoms with E-state index in [2.05, 4.69) is 46.4 Å². The number of piperidine rings is 1. The van der Waals surface area contributed by atoms with Gasteiger partial charge in [0.1, 0.15) is 0 Å². The van der Waals surface area contributed by atoms with Gasteiger partial charge >= 0.3 is 0 Å². The van der Waals surface area contributed by atoms with Crippen LogP contribution in [-0.4, -0.2) is 28.9 Å². The van der Waals surface area contributed by atoms with E-state index in [1.165, 1.54) is 11.1 Å². The Labute approximate surface area is 143 Å². The molecule has 1 aromatic carbocycles. The molecule has 1 N–H and O–H groups in total. The van der Waals surface area contributed by atoms with Crippen LogP contribution in [0.4, 0.5) is 0 Å². The number of likely N-dealkylation sites (tertiary alicyclic amines) is 1. The Morgan fingerprint density at radius 1 is 1.08 bits per heavy atom. The van der Waals surface area contributed by atoms with E-state index < -0.39 is 0 Å². The van der Waals surface area contributed by atoms with E-state index in [0.717, 1.165) is 38.0 Å². The number of amides is 1. The standard InChI is InChI=1S/C20H25N3O/c1-16-2-4-18(5-3-16)15-23-12-8-19(9-13-23)20(24)22-14-17-6-10-21-11-7-17/h2-7,10-11,19H,8-9,12-15H2,1H3,(H,22,24). The van der Waals surface area contributed by atoms with Gasteiger partial charge < -0.3 is 5.32 Å². The normalized spacial score (nSPS) is 16.0. The molecule has 1 aliphatic heterocycles. The van der Waals surface area contributed by atoms with Crippen LogP contribution < -0.4 is 5.32 Å². The molecule has 3 rings (SSSR count). The molecule has 0 saturated carbocycles. The second kappa shape index (κ2) is 8.06. The van der Waals surface area contributed by atoms with Crippen molar-refractivity contribution in [2.45, 2.75) is 32.9 Å². The van der Waals surface area contributed by atoms with Gasteiger partial charge in [0.05, 0.1) is 0 Å². The van der Waals surface area contributed by atoms with Crippen molar-refractivity contribution in [3.05, 3.63) is 65.5 Å². The van der Waals surface area contributed by atoms with Gasteiger partial charge in [0.25, 0.3) is 0 Å². The number of nitrogens with zero attached hydrogens (tertiary/aromatic N) is 2. The van der Waals surface area contributed by atoms with Gasteiger partial charge in [-0.15, -0.1) is 0 Å². The van der Waals surface area contributed by atoms with Crippen LogP contribution in [0.1, 0.15) is 29.5 Å². The van der Waals surface area contributed by atoms with Crippen molar-refractivity contribution in [3.63, 3.8) is 0 Å². The maximum Gasteiger partial charge on any atom is 0.223 e. The van der Waals surface area contributed by atoms with Gasteiger partial charge in [-0.25, -0.2) is 0 Å². The Bertz CT molecular complexity index is 646. The zero-order chi connectivity index (χ0) is 16.8. The molecular weight excluding hydrogens is 298 g/mol. The lowest BCUT2D eigenvalue weighted by atomic mass is 9.95. The number of rotatable bonds is 5. The van der Waals surface area contributed by atoms with Crippen molar-refractivity contribution in [1.29, 1.82) is 0 Å². The van der Waals surface area contributed by atoms with Crippen molar-refractivity contribution in [2.75, 3.05) is 13.1 Å². The molecule has 0 aliphatic carbocycles. The van der Waals surface area contributed by atoms with Crippen LogP contribution in [0.3, 0.4) is 0 Å². The summed E-state index contributed by atoms with van der Waals surface area (Å²) in [5, 5.41) is 3.05. The molecule has 126 valence electrons. The number of hydrogen-bond acceptors (Lipinski definition) is 3. The van der Waals surface area contributed by atoms with Crippen LogP contribution in [0, 0.1) is 12.8 Å². The third-order valence-electron chi connectivity index (χ3n) is 4.70. The lowest BCUT2D eigenvalue weighted by molar-refractivity contribution is -0.126. The minimum Gasteiger partial charge on any atom is -0.352 e. The fraction of sp³-hybridized carbons (Fsp3) is 0.400. The van der Waals surface area contributed by atoms with Gasteiger partial charge in [-0.2, -0.15) is 0 Å². The molecule has 2 heterocycles. The summed E-state index contributed by atoms with van der Waals surface area (Å²) in [5.74, 6) is 0.322. The number of nitrogens with one attached hydrogen (secondary N) is 1. The first-order chi connectivity index (χ1) is 11.7. The third kappa shape index (κ3) is 4.65. The van der Waals surface area contributed by atoms with Gasteiger partial charge in [0.15, 0.2) is 0 Å². The lowest BCUT2D eigenvalue weighted by Gasteiger charge is -2.31. The maximum atomic E-state index is 12.3. The van der Waals surface area contributed by atoms with Crippen molar-refractivity contribution in [3.8, 4) is 0 Å². The summed E-state index contributed by atoms with van der Waals surface area (Å²) in [6, 6.07) is 12.6. The van der Waals surface area contributed by atoms with Crippen LogP contribution in [0.25, 0.3) is 0 Å². The Morgan fingerprint density at radius 2 is 1.75 bits per heavy atom. The summed E-state index contributed by atoms with van der Waals surface area (Å²) < 4.78 is 0. The summed E-state index contributed by atoms with van der Waals surface area (Å²) >= 11 is 0. The zero-order valence-electron chi connectivity index (χ0n) is 14.2. The molecule has 24 heavy (non-hydrogen) atoms. The number of pyridine rings is 1. The second-order valence-corrected chi connectivity index (χ2v) is 6.61. The minimum absolute atomic E-state index is 0.140. The molecule has 0 atom stereocenters. The van der Waals surface area contributed by atoms with Gasteiger partial charge in [0, 0.05) is 31.4 Å². The Balaban J connectivity index is 1.42. The van der Waals surface area contributed by atoms with Crippen molar-refractivity contribution in [2.24, 2.45) is 5.92 Å². The van der Waals surface area contributed by atoms with E-state index in [9.17, 15) is 4.79 Å². The fourth-order valence-corrected chi connectivity index (χ4v) is 3.14. The molecule has 1 aromatic heterocycles. The first kappa shape index (κ1) is 16.7.